The highest BCUT2D eigenvalue weighted by atomic mass is 16.5. The molecule has 79 heavy (non-hydrogen) atoms. The first kappa shape index (κ1) is 76.6. The van der Waals surface area contributed by atoms with Crippen molar-refractivity contribution in [1.29, 1.82) is 0 Å². The van der Waals surface area contributed by atoms with Crippen LogP contribution in [0.2, 0.25) is 0 Å². The minimum absolute atomic E-state index is 0.00475. The van der Waals surface area contributed by atoms with Crippen molar-refractivity contribution in [3.63, 3.8) is 0 Å². The minimum atomic E-state index is -0.841. The molecule has 0 aliphatic carbocycles. The average Bonchev–Trinajstić information content (AvgIpc) is 3.45. The van der Waals surface area contributed by atoms with Gasteiger partial charge in [-0.1, -0.05) is 319 Å². The molecule has 1 amide bonds. The van der Waals surface area contributed by atoms with Crippen molar-refractivity contribution < 1.29 is 24.5 Å². The number of amides is 1. The van der Waals surface area contributed by atoms with Crippen LogP contribution in [-0.4, -0.2) is 47.4 Å². The van der Waals surface area contributed by atoms with E-state index >= 15 is 0 Å². The number of rotatable bonds is 65. The molecule has 2 unspecified atom stereocenters. The van der Waals surface area contributed by atoms with Gasteiger partial charge in [0, 0.05) is 12.8 Å². The topological polar surface area (TPSA) is 95.9 Å². The van der Waals surface area contributed by atoms with Gasteiger partial charge in [-0.2, -0.15) is 0 Å². The Balaban J connectivity index is 3.35. The molecule has 2 atom stereocenters. The normalized spacial score (nSPS) is 12.9. The number of nitrogens with one attached hydrogen (secondary N) is 1. The summed E-state index contributed by atoms with van der Waals surface area (Å²) in [7, 11) is 0. The van der Waals surface area contributed by atoms with Crippen LogP contribution in [0.15, 0.2) is 60.8 Å². The fourth-order valence-corrected chi connectivity index (χ4v) is 10.6. The number of aliphatic hydroxyl groups excluding tert-OH is 2. The van der Waals surface area contributed by atoms with Crippen LogP contribution in [0.4, 0.5) is 0 Å². The van der Waals surface area contributed by atoms with Gasteiger partial charge in [-0.25, -0.2) is 0 Å². The molecular formula is C73H135NO5. The molecule has 0 rings (SSSR count). The first-order valence-corrected chi connectivity index (χ1v) is 35.1. The molecule has 0 aromatic heterocycles. The summed E-state index contributed by atoms with van der Waals surface area (Å²) in [6.45, 7) is 4.87. The third kappa shape index (κ3) is 64.6. The van der Waals surface area contributed by atoms with Crippen molar-refractivity contribution in [2.45, 2.75) is 379 Å². The summed E-state index contributed by atoms with van der Waals surface area (Å²) in [5.41, 5.74) is 0. The first-order chi connectivity index (χ1) is 39.0. The van der Waals surface area contributed by atoms with Gasteiger partial charge in [0.2, 0.25) is 5.91 Å². The van der Waals surface area contributed by atoms with Crippen LogP contribution in [0, 0.1) is 0 Å². The predicted octanol–water partition coefficient (Wildman–Crippen LogP) is 22.6. The maximum atomic E-state index is 12.4. The number of carbonyl (C=O) groups excluding carboxylic acids is 2. The zero-order chi connectivity index (χ0) is 57.1. The third-order valence-corrected chi connectivity index (χ3v) is 16.0. The zero-order valence-electron chi connectivity index (χ0n) is 52.9. The lowest BCUT2D eigenvalue weighted by Gasteiger charge is -2.20. The van der Waals surface area contributed by atoms with Gasteiger partial charge in [-0.05, 0) is 96.3 Å². The van der Waals surface area contributed by atoms with E-state index in [9.17, 15) is 19.8 Å². The molecule has 6 heteroatoms. The summed E-state index contributed by atoms with van der Waals surface area (Å²) in [5, 5.41) is 23.0. The number of unbranched alkanes of at least 4 members (excludes halogenated alkanes) is 46. The number of carbonyl (C=O) groups is 2. The van der Waals surface area contributed by atoms with E-state index in [1.54, 1.807) is 6.08 Å². The molecule has 0 saturated heterocycles. The molecule has 0 saturated carbocycles. The van der Waals surface area contributed by atoms with Crippen LogP contribution in [0.1, 0.15) is 367 Å². The molecule has 0 fully saturated rings. The lowest BCUT2D eigenvalue weighted by molar-refractivity contribution is -0.143. The molecule has 0 aromatic rings. The van der Waals surface area contributed by atoms with Crippen molar-refractivity contribution >= 4 is 11.9 Å². The highest BCUT2D eigenvalue weighted by molar-refractivity contribution is 5.76. The van der Waals surface area contributed by atoms with Crippen LogP contribution in [-0.2, 0) is 14.3 Å². The van der Waals surface area contributed by atoms with Crippen LogP contribution < -0.4 is 5.32 Å². The van der Waals surface area contributed by atoms with Crippen molar-refractivity contribution in [3.05, 3.63) is 60.8 Å². The largest absolute Gasteiger partial charge is 0.466 e. The van der Waals surface area contributed by atoms with Crippen molar-refractivity contribution in [2.24, 2.45) is 0 Å². The fraction of sp³-hybridized carbons (Fsp3) is 0.836. The molecule has 0 bridgehead atoms. The monoisotopic (exact) mass is 1110 g/mol. The van der Waals surface area contributed by atoms with E-state index in [-0.39, 0.29) is 18.5 Å². The Bertz CT molecular complexity index is 1370. The van der Waals surface area contributed by atoms with E-state index in [2.05, 4.69) is 67.8 Å². The Morgan fingerprint density at radius 1 is 0.354 bits per heavy atom. The second kappa shape index (κ2) is 68.1. The lowest BCUT2D eigenvalue weighted by atomic mass is 10.0. The Kier molecular flexibility index (Phi) is 66.0. The number of esters is 1. The average molecular weight is 1110 g/mol. The highest BCUT2D eigenvalue weighted by Crippen LogP contribution is 2.18. The molecule has 0 spiro atoms. The van der Waals surface area contributed by atoms with Gasteiger partial charge in [-0.3, -0.25) is 9.59 Å². The van der Waals surface area contributed by atoms with E-state index in [4.69, 9.17) is 4.74 Å². The number of hydrogen-bond donors (Lipinski definition) is 3. The molecule has 3 N–H and O–H groups in total. The van der Waals surface area contributed by atoms with Crippen molar-refractivity contribution in [1.82, 2.24) is 5.32 Å². The summed E-state index contributed by atoms with van der Waals surface area (Å²) in [6, 6.07) is -0.624. The van der Waals surface area contributed by atoms with E-state index in [1.165, 1.54) is 283 Å². The SMILES string of the molecule is CCCCCC/C=C\C/C=C\CCCCCCCC(=O)OCCCCCCCCCCCCCCC/C=C\C/C=C\CCCCCCCCCCCCCCCCCCCC(=O)NC(CO)C(O)/C=C/CCCCCCCCC. The van der Waals surface area contributed by atoms with Gasteiger partial charge >= 0.3 is 5.97 Å². The molecular weight excluding hydrogens is 971 g/mol. The van der Waals surface area contributed by atoms with Crippen molar-refractivity contribution in [3.8, 4) is 0 Å². The number of aliphatic hydroxyl groups is 2. The Labute approximate surface area is 492 Å². The molecule has 0 radical (unpaired) electrons. The summed E-state index contributed by atoms with van der Waals surface area (Å²) >= 11 is 0. The molecule has 6 nitrogen and oxygen atoms in total. The molecule has 0 aliphatic heterocycles. The van der Waals surface area contributed by atoms with E-state index in [0.29, 0.717) is 19.4 Å². The van der Waals surface area contributed by atoms with Crippen LogP contribution >= 0.6 is 0 Å². The number of allylic oxidation sites excluding steroid dienone is 9. The summed E-state index contributed by atoms with van der Waals surface area (Å²) in [5.74, 6) is -0.0628. The highest BCUT2D eigenvalue weighted by Gasteiger charge is 2.18. The van der Waals surface area contributed by atoms with Gasteiger partial charge in [0.1, 0.15) is 0 Å². The van der Waals surface area contributed by atoms with Gasteiger partial charge in [-0.15, -0.1) is 0 Å². The Morgan fingerprint density at radius 2 is 0.633 bits per heavy atom. The molecule has 0 heterocycles. The summed E-state index contributed by atoms with van der Waals surface area (Å²) in [4.78, 5) is 24.5. The first-order valence-electron chi connectivity index (χ1n) is 35.1. The van der Waals surface area contributed by atoms with E-state index in [0.717, 1.165) is 57.8 Å². The fourth-order valence-electron chi connectivity index (χ4n) is 10.6. The van der Waals surface area contributed by atoms with Crippen LogP contribution in [0.5, 0.6) is 0 Å². The Morgan fingerprint density at radius 3 is 0.975 bits per heavy atom. The third-order valence-electron chi connectivity index (χ3n) is 16.0. The predicted molar refractivity (Wildman–Crippen MR) is 347 cm³/mol. The standard InChI is InChI=1S/C73H135NO5/c1-3-5-7-9-11-13-14-15-16-41-44-47-51-55-59-63-67-73(78)79-68-64-60-56-52-48-45-42-39-37-35-33-31-29-27-25-23-21-19-17-18-20-22-24-26-28-30-32-34-36-38-40-43-46-50-54-58-62-66-72(77)74-70(69-75)71(76)65-61-57-53-49-12-10-8-6-4-2/h13-14,16-17,19,23,25,41,61,65,70-71,75-76H,3-12,15,18,20-22,24,26-40,42-60,62-64,66-69H2,1-2H3,(H,74,77)/b14-13-,19-17-,25-23-,41-16-,65-61+. The summed E-state index contributed by atoms with van der Waals surface area (Å²) < 4.78 is 5.49. The van der Waals surface area contributed by atoms with E-state index < -0.39 is 12.1 Å². The molecule has 462 valence electrons. The second-order valence-electron chi connectivity index (χ2n) is 23.9. The van der Waals surface area contributed by atoms with Crippen LogP contribution in [0.3, 0.4) is 0 Å². The quantitative estimate of drug-likeness (QED) is 0.0320. The smallest absolute Gasteiger partial charge is 0.305 e. The number of ether oxygens (including phenoxy) is 1. The number of hydrogen-bond acceptors (Lipinski definition) is 5. The van der Waals surface area contributed by atoms with Gasteiger partial charge in [0.15, 0.2) is 0 Å². The van der Waals surface area contributed by atoms with Crippen molar-refractivity contribution in [2.75, 3.05) is 13.2 Å². The zero-order valence-corrected chi connectivity index (χ0v) is 52.9. The maximum absolute atomic E-state index is 12.4. The van der Waals surface area contributed by atoms with Gasteiger partial charge in [0.05, 0.1) is 25.4 Å². The second-order valence-corrected chi connectivity index (χ2v) is 23.9. The summed E-state index contributed by atoms with van der Waals surface area (Å²) in [6.07, 6.45) is 90.4. The van der Waals surface area contributed by atoms with Crippen LogP contribution in [0.25, 0.3) is 0 Å². The minimum Gasteiger partial charge on any atom is -0.466 e. The van der Waals surface area contributed by atoms with Gasteiger partial charge in [0.25, 0.3) is 0 Å². The van der Waals surface area contributed by atoms with Gasteiger partial charge < -0.3 is 20.3 Å². The molecule has 0 aliphatic rings. The molecule has 0 aromatic carbocycles. The lowest BCUT2D eigenvalue weighted by Crippen LogP contribution is -2.45. The Hall–Kier alpha value is -2.44. The van der Waals surface area contributed by atoms with E-state index in [1.807, 2.05) is 6.08 Å². The maximum Gasteiger partial charge on any atom is 0.305 e.